The van der Waals surface area contributed by atoms with Crippen molar-refractivity contribution in [3.63, 3.8) is 0 Å². The fourth-order valence-electron chi connectivity index (χ4n) is 1.67. The number of rotatable bonds is 3. The number of aryl methyl sites for hydroxylation is 2. The third kappa shape index (κ3) is 3.03. The largest absolute Gasteiger partial charge is 0.388 e. The molecule has 0 spiro atoms. The number of hydrogen-bond donors (Lipinski definition) is 1. The zero-order chi connectivity index (χ0) is 12.4. The number of aromatic nitrogens is 2. The molecular formula is C12H13ClN2OS. The molecule has 0 aliphatic heterocycles. The Hall–Kier alpha value is -0.970. The summed E-state index contributed by atoms with van der Waals surface area (Å²) in [7, 11) is 0. The van der Waals surface area contributed by atoms with Crippen LogP contribution in [0.4, 0.5) is 0 Å². The molecule has 0 aliphatic rings. The molecule has 0 radical (unpaired) electrons. The third-order valence-corrected chi connectivity index (χ3v) is 3.78. The molecule has 0 saturated heterocycles. The monoisotopic (exact) mass is 268 g/mol. The van der Waals surface area contributed by atoms with Crippen LogP contribution in [0, 0.1) is 13.8 Å². The average molecular weight is 269 g/mol. The first-order chi connectivity index (χ1) is 8.06. The van der Waals surface area contributed by atoms with E-state index < -0.39 is 6.10 Å². The van der Waals surface area contributed by atoms with Crippen molar-refractivity contribution in [1.29, 1.82) is 0 Å². The summed E-state index contributed by atoms with van der Waals surface area (Å²) in [6.07, 6.45) is 0.00233. The lowest BCUT2D eigenvalue weighted by Gasteiger charge is -2.12. The Balaban J connectivity index is 2.19. The van der Waals surface area contributed by atoms with E-state index in [9.17, 15) is 5.11 Å². The Kier molecular flexibility index (Phi) is 3.76. The maximum Gasteiger partial charge on any atom is 0.0931 e. The minimum atomic E-state index is -0.557. The van der Waals surface area contributed by atoms with E-state index in [0.29, 0.717) is 6.42 Å². The van der Waals surface area contributed by atoms with Gasteiger partial charge in [-0.05, 0) is 32.0 Å². The van der Waals surface area contributed by atoms with Gasteiger partial charge < -0.3 is 5.11 Å². The zero-order valence-electron chi connectivity index (χ0n) is 9.64. The van der Waals surface area contributed by atoms with Crippen molar-refractivity contribution in [3.8, 4) is 0 Å². The molecule has 5 heteroatoms. The van der Waals surface area contributed by atoms with Crippen LogP contribution >= 0.6 is 22.9 Å². The minimum Gasteiger partial charge on any atom is -0.388 e. The van der Waals surface area contributed by atoms with Gasteiger partial charge in [0.15, 0.2) is 0 Å². The van der Waals surface area contributed by atoms with Crippen molar-refractivity contribution in [1.82, 2.24) is 10.2 Å². The highest BCUT2D eigenvalue weighted by Gasteiger charge is 2.14. The summed E-state index contributed by atoms with van der Waals surface area (Å²) in [6.45, 7) is 3.72. The molecule has 1 atom stereocenters. The molecule has 1 unspecified atom stereocenters. The average Bonchev–Trinajstić information content (AvgIpc) is 2.67. The van der Waals surface area contributed by atoms with Crippen LogP contribution in [0.25, 0.3) is 0 Å². The predicted molar refractivity (Wildman–Crippen MR) is 69.5 cm³/mol. The number of hydrogen-bond acceptors (Lipinski definition) is 4. The van der Waals surface area contributed by atoms with Gasteiger partial charge in [0.05, 0.1) is 21.8 Å². The van der Waals surface area contributed by atoms with Gasteiger partial charge in [-0.25, -0.2) is 0 Å². The highest BCUT2D eigenvalue weighted by atomic mass is 35.5. The van der Waals surface area contributed by atoms with Gasteiger partial charge in [0.1, 0.15) is 0 Å². The van der Waals surface area contributed by atoms with Gasteiger partial charge in [0.2, 0.25) is 0 Å². The molecule has 2 rings (SSSR count). The maximum absolute atomic E-state index is 10.2. The second-order valence-corrected chi connectivity index (χ2v) is 5.75. The van der Waals surface area contributed by atoms with Crippen LogP contribution in [-0.4, -0.2) is 15.3 Å². The van der Waals surface area contributed by atoms with E-state index in [1.165, 1.54) is 11.3 Å². The summed E-state index contributed by atoms with van der Waals surface area (Å²) in [5, 5.41) is 18.2. The van der Waals surface area contributed by atoms with E-state index in [2.05, 4.69) is 10.2 Å². The Morgan fingerprint density at radius 2 is 2.12 bits per heavy atom. The molecule has 2 aromatic heterocycles. The number of thiophene rings is 1. The van der Waals surface area contributed by atoms with E-state index in [0.717, 1.165) is 26.2 Å². The van der Waals surface area contributed by atoms with Gasteiger partial charge in [0.25, 0.3) is 0 Å². The van der Waals surface area contributed by atoms with Gasteiger partial charge in [-0.3, -0.25) is 0 Å². The molecule has 0 amide bonds. The summed E-state index contributed by atoms with van der Waals surface area (Å²) in [4.78, 5) is 1.07. The number of aliphatic hydroxyl groups excluding tert-OH is 1. The van der Waals surface area contributed by atoms with Crippen molar-refractivity contribution >= 4 is 22.9 Å². The molecule has 0 fully saturated rings. The third-order valence-electron chi connectivity index (χ3n) is 2.52. The standard InChI is InChI=1S/C12H13ClN2OS/c1-7-5-10(8(2)15-14-7)11(16)6-9-3-4-12(13)17-9/h3-5,11,16H,6H2,1-2H3. The van der Waals surface area contributed by atoms with Crippen LogP contribution in [0.15, 0.2) is 18.2 Å². The van der Waals surface area contributed by atoms with E-state index in [4.69, 9.17) is 11.6 Å². The summed E-state index contributed by atoms with van der Waals surface area (Å²) < 4.78 is 0.743. The Bertz CT molecular complexity index is 527. The summed E-state index contributed by atoms with van der Waals surface area (Å²) in [6, 6.07) is 5.66. The quantitative estimate of drug-likeness (QED) is 0.931. The van der Waals surface area contributed by atoms with Gasteiger partial charge in [-0.15, -0.1) is 11.3 Å². The lowest BCUT2D eigenvalue weighted by Crippen LogP contribution is -2.06. The molecule has 0 aromatic carbocycles. The van der Waals surface area contributed by atoms with Crippen LogP contribution in [0.1, 0.15) is 27.9 Å². The molecule has 17 heavy (non-hydrogen) atoms. The van der Waals surface area contributed by atoms with Crippen molar-refractivity contribution in [2.24, 2.45) is 0 Å². The fraction of sp³-hybridized carbons (Fsp3) is 0.333. The smallest absolute Gasteiger partial charge is 0.0931 e. The highest BCUT2D eigenvalue weighted by molar-refractivity contribution is 7.16. The van der Waals surface area contributed by atoms with Crippen LogP contribution in [0.2, 0.25) is 4.34 Å². The van der Waals surface area contributed by atoms with Gasteiger partial charge in [-0.2, -0.15) is 10.2 Å². The second-order valence-electron chi connectivity index (χ2n) is 3.95. The molecule has 1 N–H and O–H groups in total. The summed E-state index contributed by atoms with van der Waals surface area (Å²) in [5.74, 6) is 0. The molecule has 3 nitrogen and oxygen atoms in total. The maximum atomic E-state index is 10.2. The zero-order valence-corrected chi connectivity index (χ0v) is 11.2. The molecule has 0 saturated carbocycles. The van der Waals surface area contributed by atoms with E-state index in [1.807, 2.05) is 32.0 Å². The second kappa shape index (κ2) is 5.12. The lowest BCUT2D eigenvalue weighted by molar-refractivity contribution is 0.178. The molecule has 2 aromatic rings. The predicted octanol–water partition coefficient (Wildman–Crippen LogP) is 3.08. The number of halogens is 1. The van der Waals surface area contributed by atoms with Crippen LogP contribution in [0.3, 0.4) is 0 Å². The molecule has 90 valence electrons. The van der Waals surface area contributed by atoms with Gasteiger partial charge in [0, 0.05) is 16.9 Å². The van der Waals surface area contributed by atoms with Crippen molar-refractivity contribution in [2.45, 2.75) is 26.4 Å². The first-order valence-electron chi connectivity index (χ1n) is 5.29. The Morgan fingerprint density at radius 1 is 1.35 bits per heavy atom. The van der Waals surface area contributed by atoms with E-state index in [-0.39, 0.29) is 0 Å². The topological polar surface area (TPSA) is 46.0 Å². The van der Waals surface area contributed by atoms with E-state index in [1.54, 1.807) is 0 Å². The van der Waals surface area contributed by atoms with E-state index >= 15 is 0 Å². The molecule has 0 bridgehead atoms. The van der Waals surface area contributed by atoms with Crippen LogP contribution in [-0.2, 0) is 6.42 Å². The molecule has 0 aliphatic carbocycles. The first kappa shape index (κ1) is 12.5. The van der Waals surface area contributed by atoms with Crippen LogP contribution < -0.4 is 0 Å². The van der Waals surface area contributed by atoms with Crippen molar-refractivity contribution in [2.75, 3.05) is 0 Å². The molecular weight excluding hydrogens is 256 g/mol. The van der Waals surface area contributed by atoms with Crippen LogP contribution in [0.5, 0.6) is 0 Å². The van der Waals surface area contributed by atoms with Gasteiger partial charge in [-0.1, -0.05) is 11.6 Å². The molecule has 2 heterocycles. The SMILES string of the molecule is Cc1cc(C(O)Cc2ccc(Cl)s2)c(C)nn1. The van der Waals surface area contributed by atoms with Crippen molar-refractivity contribution in [3.05, 3.63) is 44.4 Å². The van der Waals surface area contributed by atoms with Gasteiger partial charge >= 0.3 is 0 Å². The Labute approximate surface area is 109 Å². The Morgan fingerprint density at radius 3 is 2.76 bits per heavy atom. The lowest BCUT2D eigenvalue weighted by atomic mass is 10.0. The minimum absolute atomic E-state index is 0.557. The summed E-state index contributed by atoms with van der Waals surface area (Å²) in [5.41, 5.74) is 2.42. The first-order valence-corrected chi connectivity index (χ1v) is 6.49. The highest BCUT2D eigenvalue weighted by Crippen LogP contribution is 2.27. The fourth-order valence-corrected chi connectivity index (χ4v) is 2.79. The summed E-state index contributed by atoms with van der Waals surface area (Å²) >= 11 is 7.35. The normalized spacial score (nSPS) is 12.7. The number of nitrogens with zero attached hydrogens (tertiary/aromatic N) is 2. The number of aliphatic hydroxyl groups is 1. The van der Waals surface area contributed by atoms with Crippen molar-refractivity contribution < 1.29 is 5.11 Å².